The van der Waals surface area contributed by atoms with Crippen molar-refractivity contribution in [2.24, 2.45) is 0 Å². The predicted molar refractivity (Wildman–Crippen MR) is 85.4 cm³/mol. The van der Waals surface area contributed by atoms with E-state index in [-0.39, 0.29) is 5.91 Å². The molecule has 1 fully saturated rings. The number of hydrogen-bond donors (Lipinski definition) is 1. The fourth-order valence-corrected chi connectivity index (χ4v) is 3.67. The minimum atomic E-state index is -0.554. The molecule has 1 aliphatic rings. The Labute approximate surface area is 133 Å². The van der Waals surface area contributed by atoms with Crippen LogP contribution in [0.2, 0.25) is 0 Å². The molecule has 2 rings (SSSR count). The molecule has 0 spiro atoms. The van der Waals surface area contributed by atoms with Crippen molar-refractivity contribution < 1.29 is 14.3 Å². The van der Waals surface area contributed by atoms with Crippen molar-refractivity contribution in [3.63, 3.8) is 0 Å². The standard InChI is InChI=1S/C14H20N2O3S2/c1-14(2,3)19-13(18)16-9-21-8-11(16)12(17)15-6-10-4-5-20-7-10/h4-5,7,11H,6,8-9H2,1-3H3,(H,15,17)/t11-/m1/s1. The van der Waals surface area contributed by atoms with E-state index in [1.165, 1.54) is 4.90 Å². The normalized spacial score (nSPS) is 18.6. The second-order valence-corrected chi connectivity index (χ2v) is 7.60. The molecular formula is C14H20N2O3S2. The number of nitrogens with one attached hydrogen (secondary N) is 1. The second kappa shape index (κ2) is 6.70. The first-order valence-corrected chi connectivity index (χ1v) is 8.83. The lowest BCUT2D eigenvalue weighted by Crippen LogP contribution is -2.48. The van der Waals surface area contributed by atoms with E-state index in [0.29, 0.717) is 18.2 Å². The molecule has 0 aromatic carbocycles. The fourth-order valence-electron chi connectivity index (χ4n) is 1.86. The Morgan fingerprint density at radius 1 is 1.48 bits per heavy atom. The third-order valence-electron chi connectivity index (χ3n) is 2.86. The molecule has 7 heteroatoms. The molecule has 5 nitrogen and oxygen atoms in total. The highest BCUT2D eigenvalue weighted by atomic mass is 32.2. The molecule has 1 atom stereocenters. The lowest BCUT2D eigenvalue weighted by atomic mass is 10.2. The van der Waals surface area contributed by atoms with Gasteiger partial charge in [-0.25, -0.2) is 4.79 Å². The SMILES string of the molecule is CC(C)(C)OC(=O)N1CSC[C@@H]1C(=O)NCc1ccsc1. The van der Waals surface area contributed by atoms with E-state index < -0.39 is 17.7 Å². The topological polar surface area (TPSA) is 58.6 Å². The summed E-state index contributed by atoms with van der Waals surface area (Å²) in [5.41, 5.74) is 0.519. The van der Waals surface area contributed by atoms with Crippen LogP contribution in [0.4, 0.5) is 4.79 Å². The summed E-state index contributed by atoms with van der Waals surface area (Å²) in [5.74, 6) is 0.970. The lowest BCUT2D eigenvalue weighted by Gasteiger charge is -2.27. The molecular weight excluding hydrogens is 308 g/mol. The Balaban J connectivity index is 1.91. The summed E-state index contributed by atoms with van der Waals surface area (Å²) in [6, 6.07) is 1.52. The van der Waals surface area contributed by atoms with Crippen LogP contribution in [-0.4, -0.2) is 40.2 Å². The largest absolute Gasteiger partial charge is 0.444 e. The molecule has 0 saturated carbocycles. The number of thiophene rings is 1. The number of amides is 2. The van der Waals surface area contributed by atoms with Gasteiger partial charge in [0.15, 0.2) is 0 Å². The number of ether oxygens (including phenoxy) is 1. The van der Waals surface area contributed by atoms with Gasteiger partial charge in [0.2, 0.25) is 5.91 Å². The molecule has 21 heavy (non-hydrogen) atoms. The van der Waals surface area contributed by atoms with Gasteiger partial charge in [-0.05, 0) is 43.2 Å². The van der Waals surface area contributed by atoms with Crippen molar-refractivity contribution in [2.75, 3.05) is 11.6 Å². The highest BCUT2D eigenvalue weighted by Crippen LogP contribution is 2.23. The summed E-state index contributed by atoms with van der Waals surface area (Å²) >= 11 is 3.16. The zero-order chi connectivity index (χ0) is 15.5. The number of carbonyl (C=O) groups is 2. The molecule has 0 unspecified atom stereocenters. The van der Waals surface area contributed by atoms with Gasteiger partial charge in [0, 0.05) is 12.3 Å². The molecule has 1 aromatic rings. The first-order valence-electron chi connectivity index (χ1n) is 6.73. The van der Waals surface area contributed by atoms with Crippen LogP contribution in [-0.2, 0) is 16.1 Å². The monoisotopic (exact) mass is 328 g/mol. The Hall–Kier alpha value is -1.21. The van der Waals surface area contributed by atoms with E-state index in [1.807, 2.05) is 37.6 Å². The predicted octanol–water partition coefficient (Wildman–Crippen LogP) is 2.67. The van der Waals surface area contributed by atoms with Crippen molar-refractivity contribution in [1.29, 1.82) is 0 Å². The van der Waals surface area contributed by atoms with Crippen molar-refractivity contribution >= 4 is 35.1 Å². The third kappa shape index (κ3) is 4.64. The lowest BCUT2D eigenvalue weighted by molar-refractivity contribution is -0.125. The average Bonchev–Trinajstić information content (AvgIpc) is 3.05. The van der Waals surface area contributed by atoms with Gasteiger partial charge >= 0.3 is 6.09 Å². The number of carbonyl (C=O) groups excluding carboxylic acids is 2. The summed E-state index contributed by atoms with van der Waals surface area (Å²) in [6.07, 6.45) is -0.428. The fraction of sp³-hybridized carbons (Fsp3) is 0.571. The van der Waals surface area contributed by atoms with E-state index in [1.54, 1.807) is 23.1 Å². The first-order chi connectivity index (χ1) is 9.87. The molecule has 2 amide bonds. The maximum absolute atomic E-state index is 12.3. The van der Waals surface area contributed by atoms with E-state index in [4.69, 9.17) is 4.74 Å². The molecule has 0 bridgehead atoms. The minimum Gasteiger partial charge on any atom is -0.444 e. The Morgan fingerprint density at radius 2 is 2.24 bits per heavy atom. The van der Waals surface area contributed by atoms with E-state index >= 15 is 0 Å². The number of nitrogens with zero attached hydrogens (tertiary/aromatic N) is 1. The highest BCUT2D eigenvalue weighted by Gasteiger charge is 2.36. The summed E-state index contributed by atoms with van der Waals surface area (Å²) < 4.78 is 5.35. The Kier molecular flexibility index (Phi) is 5.16. The van der Waals surface area contributed by atoms with E-state index in [9.17, 15) is 9.59 Å². The first kappa shape index (κ1) is 16.2. The average molecular weight is 328 g/mol. The zero-order valence-corrected chi connectivity index (χ0v) is 14.1. The van der Waals surface area contributed by atoms with Gasteiger partial charge in [0.05, 0.1) is 5.88 Å². The van der Waals surface area contributed by atoms with Crippen LogP contribution in [0.15, 0.2) is 16.8 Å². The maximum Gasteiger partial charge on any atom is 0.411 e. The molecule has 0 radical (unpaired) electrons. The van der Waals surface area contributed by atoms with Gasteiger partial charge in [-0.2, -0.15) is 11.3 Å². The molecule has 1 aliphatic heterocycles. The van der Waals surface area contributed by atoms with Gasteiger partial charge in [-0.1, -0.05) is 0 Å². The molecule has 1 aromatic heterocycles. The van der Waals surface area contributed by atoms with Crippen molar-refractivity contribution in [3.05, 3.63) is 22.4 Å². The van der Waals surface area contributed by atoms with Crippen LogP contribution >= 0.6 is 23.1 Å². The summed E-state index contributed by atoms with van der Waals surface area (Å²) in [7, 11) is 0. The highest BCUT2D eigenvalue weighted by molar-refractivity contribution is 7.99. The number of rotatable bonds is 3. The van der Waals surface area contributed by atoms with Crippen molar-refractivity contribution in [3.8, 4) is 0 Å². The number of thioether (sulfide) groups is 1. The summed E-state index contributed by atoms with van der Waals surface area (Å²) in [5, 5.41) is 6.85. The number of hydrogen-bond acceptors (Lipinski definition) is 5. The van der Waals surface area contributed by atoms with Crippen LogP contribution in [0.3, 0.4) is 0 Å². The van der Waals surface area contributed by atoms with Gasteiger partial charge < -0.3 is 10.1 Å². The van der Waals surface area contributed by atoms with E-state index in [0.717, 1.165) is 5.56 Å². The second-order valence-electron chi connectivity index (χ2n) is 5.82. The van der Waals surface area contributed by atoms with Gasteiger partial charge in [0.1, 0.15) is 11.6 Å². The van der Waals surface area contributed by atoms with Gasteiger partial charge in [-0.15, -0.1) is 11.8 Å². The van der Waals surface area contributed by atoms with Crippen LogP contribution < -0.4 is 5.32 Å². The Bertz CT molecular complexity index is 497. The zero-order valence-electron chi connectivity index (χ0n) is 12.4. The van der Waals surface area contributed by atoms with Crippen molar-refractivity contribution in [2.45, 2.75) is 39.0 Å². The van der Waals surface area contributed by atoms with Crippen LogP contribution in [0, 0.1) is 0 Å². The summed E-state index contributed by atoms with van der Waals surface area (Å²) in [4.78, 5) is 25.9. The quantitative estimate of drug-likeness (QED) is 0.927. The van der Waals surface area contributed by atoms with Gasteiger partial charge in [-0.3, -0.25) is 9.69 Å². The molecule has 1 saturated heterocycles. The van der Waals surface area contributed by atoms with Crippen LogP contribution in [0.1, 0.15) is 26.3 Å². The van der Waals surface area contributed by atoms with Crippen LogP contribution in [0.5, 0.6) is 0 Å². The molecule has 0 aliphatic carbocycles. The smallest absolute Gasteiger partial charge is 0.411 e. The van der Waals surface area contributed by atoms with E-state index in [2.05, 4.69) is 5.32 Å². The molecule has 2 heterocycles. The third-order valence-corrected chi connectivity index (χ3v) is 4.60. The van der Waals surface area contributed by atoms with Crippen LogP contribution in [0.25, 0.3) is 0 Å². The maximum atomic E-state index is 12.3. The molecule has 1 N–H and O–H groups in total. The Morgan fingerprint density at radius 3 is 2.86 bits per heavy atom. The summed E-state index contributed by atoms with van der Waals surface area (Å²) in [6.45, 7) is 5.95. The molecule has 116 valence electrons. The minimum absolute atomic E-state index is 0.128. The van der Waals surface area contributed by atoms with Crippen molar-refractivity contribution in [1.82, 2.24) is 10.2 Å². The van der Waals surface area contributed by atoms with Gasteiger partial charge in [0.25, 0.3) is 0 Å².